The molecule has 3 amide bonds. The lowest BCUT2D eigenvalue weighted by atomic mass is 9.84. The predicted molar refractivity (Wildman–Crippen MR) is 254 cm³/mol. The molecule has 1 unspecified atom stereocenters. The zero-order valence-corrected chi connectivity index (χ0v) is 39.4. The third kappa shape index (κ3) is 9.41. The number of ketones is 1. The predicted octanol–water partition coefficient (Wildman–Crippen LogP) is 5.51. The molecule has 5 atom stereocenters. The maximum Gasteiger partial charge on any atom is 0.324 e. The zero-order chi connectivity index (χ0) is 47.2. The van der Waals surface area contributed by atoms with E-state index < -0.39 is 53.3 Å². The third-order valence-electron chi connectivity index (χ3n) is 13.9. The van der Waals surface area contributed by atoms with Crippen LogP contribution in [0.25, 0.3) is 33.3 Å². The van der Waals surface area contributed by atoms with Gasteiger partial charge in [0.2, 0.25) is 11.8 Å². The molecular formula is C52H65N7O7. The molecule has 4 aromatic rings. The molecule has 0 spiro atoms. The van der Waals surface area contributed by atoms with Gasteiger partial charge in [0.1, 0.15) is 23.9 Å². The molecule has 4 N–H and O–H groups in total. The van der Waals surface area contributed by atoms with Crippen molar-refractivity contribution in [1.29, 1.82) is 0 Å². The Morgan fingerprint density at radius 1 is 1.03 bits per heavy atom. The van der Waals surface area contributed by atoms with Crippen molar-refractivity contribution in [3.05, 3.63) is 89.5 Å². The summed E-state index contributed by atoms with van der Waals surface area (Å²) in [5, 5.41) is 19.9. The average molecular weight is 900 g/mol. The van der Waals surface area contributed by atoms with Crippen LogP contribution < -0.4 is 16.1 Å². The van der Waals surface area contributed by atoms with E-state index in [2.05, 4.69) is 96.3 Å². The van der Waals surface area contributed by atoms with Crippen LogP contribution in [0.4, 0.5) is 0 Å². The van der Waals surface area contributed by atoms with Gasteiger partial charge in [-0.2, -0.15) is 0 Å². The summed E-state index contributed by atoms with van der Waals surface area (Å²) in [6.45, 7) is 16.9. The minimum Gasteiger partial charge on any atom is -0.508 e. The maximum atomic E-state index is 14.7. The number of ether oxygens (including phenoxy) is 1. The number of rotatable bonds is 9. The van der Waals surface area contributed by atoms with Crippen LogP contribution in [-0.4, -0.2) is 112 Å². The fourth-order valence-electron chi connectivity index (χ4n) is 10.6. The van der Waals surface area contributed by atoms with Gasteiger partial charge >= 0.3 is 5.97 Å². The molecule has 8 rings (SSSR count). The Hall–Kier alpha value is -5.83. The first-order valence-corrected chi connectivity index (χ1v) is 23.4. The molecule has 4 aliphatic rings. The van der Waals surface area contributed by atoms with Crippen molar-refractivity contribution in [2.45, 2.75) is 111 Å². The molecule has 5 heterocycles. The van der Waals surface area contributed by atoms with Gasteiger partial charge in [0.05, 0.1) is 24.3 Å². The fourth-order valence-corrected chi connectivity index (χ4v) is 10.6. The number of benzene rings is 3. The van der Waals surface area contributed by atoms with Crippen LogP contribution in [0.1, 0.15) is 76.1 Å². The monoisotopic (exact) mass is 899 g/mol. The number of carbonyl (C=O) groups excluding carboxylic acids is 5. The molecule has 14 nitrogen and oxygen atoms in total. The van der Waals surface area contributed by atoms with Crippen molar-refractivity contribution in [1.82, 2.24) is 35.4 Å². The Morgan fingerprint density at radius 2 is 1.79 bits per heavy atom. The molecule has 3 aromatic carbocycles. The summed E-state index contributed by atoms with van der Waals surface area (Å²) < 4.78 is 8.49. The Balaban J connectivity index is 1.18. The Morgan fingerprint density at radius 3 is 2.53 bits per heavy atom. The first kappa shape index (κ1) is 46.7. The molecule has 350 valence electrons. The maximum absolute atomic E-state index is 14.7. The average Bonchev–Trinajstić information content (AvgIpc) is 4.01. The summed E-state index contributed by atoms with van der Waals surface area (Å²) >= 11 is 0. The molecule has 66 heavy (non-hydrogen) atoms. The van der Waals surface area contributed by atoms with Crippen LogP contribution in [0.3, 0.4) is 0 Å². The number of esters is 1. The van der Waals surface area contributed by atoms with Crippen molar-refractivity contribution in [2.24, 2.45) is 17.3 Å². The molecule has 0 radical (unpaired) electrons. The van der Waals surface area contributed by atoms with Crippen molar-refractivity contribution in [3.63, 3.8) is 0 Å². The topological polar surface area (TPSA) is 166 Å². The van der Waals surface area contributed by atoms with Crippen molar-refractivity contribution < 1.29 is 33.8 Å². The second-order valence-corrected chi connectivity index (χ2v) is 20.0. The van der Waals surface area contributed by atoms with E-state index in [-0.39, 0.29) is 55.9 Å². The highest BCUT2D eigenvalue weighted by atomic mass is 16.5. The molecule has 2 saturated heterocycles. The van der Waals surface area contributed by atoms with E-state index >= 15 is 0 Å². The highest BCUT2D eigenvalue weighted by Gasteiger charge is 2.41. The second-order valence-electron chi connectivity index (χ2n) is 20.0. The van der Waals surface area contributed by atoms with Gasteiger partial charge in [0.25, 0.3) is 5.91 Å². The minimum absolute atomic E-state index is 0.00515. The van der Waals surface area contributed by atoms with Gasteiger partial charge in [-0.05, 0) is 121 Å². The number of hydrogen-bond acceptors (Lipinski definition) is 10. The number of hydrogen-bond donors (Lipinski definition) is 4. The SMILES string of the molecule is C=CC(=O)C1C[C@@H](C(=O)N(C)[C@H](C(=O)N[C@H]2Cc3cc(O)cc(c3)-c3ccc4c(c3)c(c(-c3ccc5c(c3)CN(C)C5)n4CC)CC(C)(C)COC(=O)[C@@H]3CCCN(N3)C2=O)C(C)C)CN1. The summed E-state index contributed by atoms with van der Waals surface area (Å²) in [6.07, 6.45) is 3.13. The number of nitrogens with zero attached hydrogens (tertiary/aromatic N) is 4. The highest BCUT2D eigenvalue weighted by Crippen LogP contribution is 2.41. The van der Waals surface area contributed by atoms with Gasteiger partial charge in [-0.15, -0.1) is 0 Å². The lowest BCUT2D eigenvalue weighted by Crippen LogP contribution is -2.62. The van der Waals surface area contributed by atoms with E-state index in [1.54, 1.807) is 19.2 Å². The number of hydrazine groups is 1. The number of amides is 3. The summed E-state index contributed by atoms with van der Waals surface area (Å²) in [5.41, 5.74) is 12.0. The van der Waals surface area contributed by atoms with E-state index in [9.17, 15) is 29.1 Å². The van der Waals surface area contributed by atoms with E-state index in [0.717, 1.165) is 58.5 Å². The summed E-state index contributed by atoms with van der Waals surface area (Å²) in [6, 6.07) is 15.0. The van der Waals surface area contributed by atoms with Gasteiger partial charge < -0.3 is 29.9 Å². The largest absolute Gasteiger partial charge is 0.508 e. The quantitative estimate of drug-likeness (QED) is 0.124. The standard InChI is InChI=1S/C52H65N7O7/c1-9-45(61)42-24-36(26-53-42)49(63)57(8)46(30(3)4)48(62)54-43-20-31-18-35(22-38(60)19-31)32-15-16-44-39(23-32)40(47(58(44)10-2)33-13-14-34-27-56(7)28-37(34)21-33)25-52(5,6)29-66-51(65)41-12-11-17-59(55-41)50(43)64/h9,13-16,18-19,21-23,30,36,41-43,46,53,55,60H,1,10-12,17,20,24-29H2,2-8H3,(H,54,62)/t36-,41+,42?,43+,46+/m1/s1. The summed E-state index contributed by atoms with van der Waals surface area (Å²) in [5.74, 6) is -2.78. The van der Waals surface area contributed by atoms with Crippen molar-refractivity contribution >= 4 is 40.4 Å². The second kappa shape index (κ2) is 18.8. The number of aromatic nitrogens is 1. The number of phenols is 1. The number of nitrogens with one attached hydrogen (secondary N) is 3. The Bertz CT molecular complexity index is 2580. The van der Waals surface area contributed by atoms with Crippen LogP contribution >= 0.6 is 0 Å². The summed E-state index contributed by atoms with van der Waals surface area (Å²) in [4.78, 5) is 73.1. The third-order valence-corrected chi connectivity index (χ3v) is 13.9. The first-order chi connectivity index (χ1) is 31.4. The van der Waals surface area contributed by atoms with Crippen LogP contribution in [-0.2, 0) is 61.2 Å². The first-order valence-electron chi connectivity index (χ1n) is 23.4. The van der Waals surface area contributed by atoms with Crippen LogP contribution in [0, 0.1) is 17.3 Å². The lowest BCUT2D eigenvalue weighted by molar-refractivity contribution is -0.155. The van der Waals surface area contributed by atoms with Crippen LogP contribution in [0.2, 0.25) is 0 Å². The zero-order valence-electron chi connectivity index (χ0n) is 39.4. The van der Waals surface area contributed by atoms with Gasteiger partial charge in [-0.3, -0.25) is 33.9 Å². The number of aryl methyl sites for hydroxylation is 1. The van der Waals surface area contributed by atoms with E-state index in [0.29, 0.717) is 24.8 Å². The van der Waals surface area contributed by atoms with E-state index in [1.165, 1.54) is 27.1 Å². The highest BCUT2D eigenvalue weighted by molar-refractivity contribution is 5.97. The molecule has 2 fully saturated rings. The number of fused-ring (bicyclic) bond motifs is 7. The van der Waals surface area contributed by atoms with Gasteiger partial charge in [-0.25, -0.2) is 5.43 Å². The molecule has 0 saturated carbocycles. The minimum atomic E-state index is -1.15. The van der Waals surface area contributed by atoms with Crippen molar-refractivity contribution in [3.8, 4) is 28.1 Å². The number of aromatic hydroxyl groups is 1. The van der Waals surface area contributed by atoms with Crippen molar-refractivity contribution in [2.75, 3.05) is 33.8 Å². The van der Waals surface area contributed by atoms with E-state index in [4.69, 9.17) is 4.74 Å². The van der Waals surface area contributed by atoms with Crippen LogP contribution in [0.15, 0.2) is 67.3 Å². The molecule has 14 heteroatoms. The Kier molecular flexibility index (Phi) is 13.3. The smallest absolute Gasteiger partial charge is 0.324 e. The number of cyclic esters (lactones) is 1. The normalized spacial score (nSPS) is 22.7. The number of phenolic OH excluding ortho intramolecular Hbond substituents is 1. The van der Waals surface area contributed by atoms with Gasteiger partial charge in [-0.1, -0.05) is 58.5 Å². The van der Waals surface area contributed by atoms with Gasteiger partial charge in [0, 0.05) is 62.5 Å². The molecule has 1 aromatic heterocycles. The molecule has 6 bridgehead atoms. The van der Waals surface area contributed by atoms with Gasteiger partial charge in [0.15, 0.2) is 5.78 Å². The van der Waals surface area contributed by atoms with Crippen LogP contribution in [0.5, 0.6) is 5.75 Å². The Labute approximate surface area is 387 Å². The van der Waals surface area contributed by atoms with E-state index in [1.807, 2.05) is 19.9 Å². The molecule has 0 aliphatic carbocycles. The molecule has 4 aliphatic heterocycles. The lowest BCUT2D eigenvalue weighted by Gasteiger charge is -2.37. The summed E-state index contributed by atoms with van der Waals surface area (Å²) in [7, 11) is 3.72. The fraction of sp³-hybridized carbons (Fsp3) is 0.481. The molecular weight excluding hydrogens is 835 g/mol. The number of carbonyl (C=O) groups is 5. The number of likely N-dealkylation sites (N-methyl/N-ethyl adjacent to an activating group) is 1.